The maximum absolute atomic E-state index is 11.3. The number of nitrogens with one attached hydrogen (secondary N) is 1. The molecule has 0 aromatic heterocycles. The summed E-state index contributed by atoms with van der Waals surface area (Å²) in [4.78, 5) is 20.9. The third-order valence-corrected chi connectivity index (χ3v) is 4.82. The van der Waals surface area contributed by atoms with Gasteiger partial charge in [-0.15, -0.1) is 0 Å². The van der Waals surface area contributed by atoms with E-state index in [4.69, 9.17) is 0 Å². The predicted molar refractivity (Wildman–Crippen MR) is 119 cm³/mol. The second-order valence-corrected chi connectivity index (χ2v) is 7.12. The normalized spacial score (nSPS) is 11.3. The molecule has 0 saturated carbocycles. The van der Waals surface area contributed by atoms with E-state index in [2.05, 4.69) is 17.5 Å². The van der Waals surface area contributed by atoms with Crippen molar-refractivity contribution in [1.29, 1.82) is 0 Å². The van der Waals surface area contributed by atoms with Crippen LogP contribution < -0.4 is 5.43 Å². The first-order valence-corrected chi connectivity index (χ1v) is 10.3. The molecule has 0 aliphatic rings. The van der Waals surface area contributed by atoms with Gasteiger partial charge >= 0.3 is 5.69 Å². The maximum atomic E-state index is 11.3. The summed E-state index contributed by atoms with van der Waals surface area (Å²) in [6.07, 6.45) is 9.01. The number of hydrazone groups is 1. The zero-order valence-corrected chi connectivity index (χ0v) is 17.3. The fraction of sp³-hybridized carbons (Fsp3) is 0.409. The number of nitro groups is 2. The summed E-state index contributed by atoms with van der Waals surface area (Å²) < 4.78 is 0. The number of anilines is 1. The summed E-state index contributed by atoms with van der Waals surface area (Å²) in [5.74, 6) is 0. The molecule has 2 rings (SSSR count). The van der Waals surface area contributed by atoms with Crippen LogP contribution >= 0.6 is 0 Å². The van der Waals surface area contributed by atoms with Crippen LogP contribution in [0.3, 0.4) is 0 Å². The zero-order chi connectivity index (χ0) is 21.8. The lowest BCUT2D eigenvalue weighted by atomic mass is 10.0. The van der Waals surface area contributed by atoms with Gasteiger partial charge in [0.25, 0.3) is 5.69 Å². The van der Waals surface area contributed by atoms with Gasteiger partial charge < -0.3 is 0 Å². The highest BCUT2D eigenvalue weighted by Crippen LogP contribution is 2.29. The van der Waals surface area contributed by atoms with Crippen LogP contribution in [0.2, 0.25) is 0 Å². The summed E-state index contributed by atoms with van der Waals surface area (Å²) in [6, 6.07) is 13.1. The standard InChI is InChI=1S/C22H28N4O4/c1-2-3-4-5-6-7-11-14-20(18-12-9-8-10-13-18)23-24-21-16-15-19(25(27)28)17-22(21)26(29)30/h8-10,12-13,15-17,24H,2-7,11,14H2,1H3/b23-20-. The molecule has 2 aromatic rings. The molecule has 0 bridgehead atoms. The van der Waals surface area contributed by atoms with Gasteiger partial charge in [0.2, 0.25) is 0 Å². The monoisotopic (exact) mass is 412 g/mol. The van der Waals surface area contributed by atoms with E-state index in [0.29, 0.717) is 0 Å². The lowest BCUT2D eigenvalue weighted by Crippen LogP contribution is -2.06. The smallest absolute Gasteiger partial charge is 0.271 e. The van der Waals surface area contributed by atoms with Gasteiger partial charge in [-0.25, -0.2) is 0 Å². The minimum absolute atomic E-state index is 0.124. The molecule has 0 unspecified atom stereocenters. The largest absolute Gasteiger partial charge is 0.301 e. The van der Waals surface area contributed by atoms with Crippen LogP contribution in [0.4, 0.5) is 17.1 Å². The number of nitro benzene ring substituents is 2. The van der Waals surface area contributed by atoms with E-state index >= 15 is 0 Å². The molecule has 160 valence electrons. The predicted octanol–water partition coefficient (Wildman–Crippen LogP) is 6.46. The second-order valence-electron chi connectivity index (χ2n) is 7.12. The number of non-ortho nitro benzene ring substituents is 1. The average molecular weight is 412 g/mol. The maximum Gasteiger partial charge on any atom is 0.301 e. The minimum Gasteiger partial charge on any atom is -0.271 e. The van der Waals surface area contributed by atoms with Crippen LogP contribution in [0.5, 0.6) is 0 Å². The van der Waals surface area contributed by atoms with E-state index in [9.17, 15) is 20.2 Å². The van der Waals surface area contributed by atoms with E-state index in [1.807, 2.05) is 30.3 Å². The van der Waals surface area contributed by atoms with Crippen molar-refractivity contribution in [2.45, 2.75) is 58.3 Å². The molecule has 8 heteroatoms. The highest BCUT2D eigenvalue weighted by atomic mass is 16.6. The quantitative estimate of drug-likeness (QED) is 0.176. The van der Waals surface area contributed by atoms with Crippen LogP contribution in [0.1, 0.15) is 63.9 Å². The van der Waals surface area contributed by atoms with Gasteiger partial charge in [-0.05, 0) is 24.5 Å². The average Bonchev–Trinajstić information content (AvgIpc) is 2.75. The van der Waals surface area contributed by atoms with Crippen molar-refractivity contribution in [2.24, 2.45) is 5.10 Å². The van der Waals surface area contributed by atoms with E-state index < -0.39 is 9.85 Å². The Hall–Kier alpha value is -3.29. The number of unbranched alkanes of at least 4 members (excludes halogenated alkanes) is 6. The van der Waals surface area contributed by atoms with Gasteiger partial charge in [0.15, 0.2) is 0 Å². The molecule has 0 aliphatic carbocycles. The number of hydrogen-bond acceptors (Lipinski definition) is 6. The van der Waals surface area contributed by atoms with Gasteiger partial charge in [-0.3, -0.25) is 25.7 Å². The first-order chi connectivity index (χ1) is 14.5. The first kappa shape index (κ1) is 23.0. The molecular formula is C22H28N4O4. The Morgan fingerprint density at radius 1 is 0.900 bits per heavy atom. The summed E-state index contributed by atoms with van der Waals surface area (Å²) in [7, 11) is 0. The molecule has 0 saturated heterocycles. The molecule has 0 aliphatic heterocycles. The Bertz CT molecular complexity index is 869. The van der Waals surface area contributed by atoms with Gasteiger partial charge in [0, 0.05) is 6.07 Å². The van der Waals surface area contributed by atoms with Crippen molar-refractivity contribution >= 4 is 22.8 Å². The second kappa shape index (κ2) is 12.3. The molecule has 8 nitrogen and oxygen atoms in total. The van der Waals surface area contributed by atoms with Gasteiger partial charge in [-0.1, -0.05) is 75.8 Å². The van der Waals surface area contributed by atoms with Crippen molar-refractivity contribution in [2.75, 3.05) is 5.43 Å². The van der Waals surface area contributed by atoms with Crippen molar-refractivity contribution < 1.29 is 9.85 Å². The fourth-order valence-corrected chi connectivity index (χ4v) is 3.15. The summed E-state index contributed by atoms with van der Waals surface area (Å²) in [6.45, 7) is 2.20. The van der Waals surface area contributed by atoms with E-state index in [-0.39, 0.29) is 17.1 Å². The Labute approximate surface area is 176 Å². The highest BCUT2D eigenvalue weighted by molar-refractivity contribution is 6.01. The van der Waals surface area contributed by atoms with Crippen LogP contribution in [0.25, 0.3) is 0 Å². The first-order valence-electron chi connectivity index (χ1n) is 10.3. The number of nitrogens with zero attached hydrogens (tertiary/aromatic N) is 3. The molecule has 0 atom stereocenters. The van der Waals surface area contributed by atoms with E-state index in [1.54, 1.807) is 0 Å². The van der Waals surface area contributed by atoms with Crippen molar-refractivity contribution in [3.05, 3.63) is 74.3 Å². The third kappa shape index (κ3) is 7.27. The van der Waals surface area contributed by atoms with Crippen molar-refractivity contribution in [3.8, 4) is 0 Å². The Morgan fingerprint density at radius 3 is 2.20 bits per heavy atom. The lowest BCUT2D eigenvalue weighted by Gasteiger charge is -2.09. The van der Waals surface area contributed by atoms with E-state index in [0.717, 1.165) is 36.6 Å². The molecule has 0 heterocycles. The van der Waals surface area contributed by atoms with Gasteiger partial charge in [0.1, 0.15) is 5.69 Å². The Morgan fingerprint density at radius 2 is 1.57 bits per heavy atom. The number of benzene rings is 2. The lowest BCUT2D eigenvalue weighted by molar-refractivity contribution is -0.393. The SMILES string of the molecule is CCCCCCCCC/C(=N/Nc1ccc([N+](=O)[O-])cc1[N+](=O)[O-])c1ccccc1. The molecule has 0 amide bonds. The molecule has 0 spiro atoms. The number of rotatable bonds is 13. The summed E-state index contributed by atoms with van der Waals surface area (Å²) in [5.41, 5.74) is 3.91. The van der Waals surface area contributed by atoms with Crippen LogP contribution in [-0.4, -0.2) is 15.6 Å². The highest BCUT2D eigenvalue weighted by Gasteiger charge is 2.19. The van der Waals surface area contributed by atoms with Crippen LogP contribution in [0, 0.1) is 20.2 Å². The topological polar surface area (TPSA) is 111 Å². The molecule has 30 heavy (non-hydrogen) atoms. The van der Waals surface area contributed by atoms with Gasteiger partial charge in [-0.2, -0.15) is 5.10 Å². The van der Waals surface area contributed by atoms with Gasteiger partial charge in [0.05, 0.1) is 21.6 Å². The summed E-state index contributed by atoms with van der Waals surface area (Å²) in [5, 5.41) is 26.6. The van der Waals surface area contributed by atoms with Crippen molar-refractivity contribution in [1.82, 2.24) is 0 Å². The van der Waals surface area contributed by atoms with E-state index in [1.165, 1.54) is 44.2 Å². The Balaban J connectivity index is 2.11. The molecule has 0 fully saturated rings. The van der Waals surface area contributed by atoms with Crippen LogP contribution in [0.15, 0.2) is 53.6 Å². The summed E-state index contributed by atoms with van der Waals surface area (Å²) >= 11 is 0. The number of hydrogen-bond donors (Lipinski definition) is 1. The molecule has 0 radical (unpaired) electrons. The fourth-order valence-electron chi connectivity index (χ4n) is 3.15. The van der Waals surface area contributed by atoms with Crippen molar-refractivity contribution in [3.63, 3.8) is 0 Å². The third-order valence-electron chi connectivity index (χ3n) is 4.82. The Kier molecular flexibility index (Phi) is 9.44. The molecule has 1 N–H and O–H groups in total. The molecular weight excluding hydrogens is 384 g/mol. The zero-order valence-electron chi connectivity index (χ0n) is 17.3. The minimum atomic E-state index is -0.657. The molecule has 2 aromatic carbocycles. The van der Waals surface area contributed by atoms with Crippen LogP contribution in [-0.2, 0) is 0 Å².